The van der Waals surface area contributed by atoms with Crippen molar-refractivity contribution in [2.45, 2.75) is 12.7 Å². The number of ether oxygens (including phenoxy) is 1. The van der Waals surface area contributed by atoms with Gasteiger partial charge in [-0.2, -0.15) is 0 Å². The van der Waals surface area contributed by atoms with Crippen LogP contribution in [-0.2, 0) is 6.32 Å². The van der Waals surface area contributed by atoms with E-state index in [0.29, 0.717) is 12.1 Å². The van der Waals surface area contributed by atoms with Gasteiger partial charge in [-0.3, -0.25) is 0 Å². The number of benzene rings is 1. The molecule has 1 nitrogen and oxygen atoms in total. The smallest absolute Gasteiger partial charge is 0.449 e. The third kappa shape index (κ3) is 6.98. The van der Waals surface area contributed by atoms with Crippen molar-refractivity contribution in [3.05, 3.63) is 29.6 Å². The Kier molecular flexibility index (Phi) is 6.68. The monoisotopic (exact) mass is 300 g/mol. The van der Waals surface area contributed by atoms with Gasteiger partial charge >= 0.3 is 64.7 Å². The number of halogens is 7. The van der Waals surface area contributed by atoms with E-state index in [1.807, 2.05) is 0 Å². The fourth-order valence-electron chi connectivity index (χ4n) is 1.14. The van der Waals surface area contributed by atoms with Gasteiger partial charge in [0.25, 0.3) is 0 Å². The molecule has 0 heterocycles. The summed E-state index contributed by atoms with van der Waals surface area (Å²) in [4.78, 5) is 0. The molecule has 0 aliphatic heterocycles. The van der Waals surface area contributed by atoms with Crippen molar-refractivity contribution >= 4 is 6.98 Å². The molecule has 0 spiro atoms. The van der Waals surface area contributed by atoms with Crippen molar-refractivity contribution in [2.75, 3.05) is 0 Å². The third-order valence-electron chi connectivity index (χ3n) is 1.71. The van der Waals surface area contributed by atoms with Gasteiger partial charge in [0.15, 0.2) is 0 Å². The standard InChI is InChI=1S/C8H5BF7O.K/c10-7-3-6(17-8(11,12)13)2-1-5(7)4-9(14,15)16;/h1-3H,4H2;/q-1;+1. The average Bonchev–Trinajstić information content (AvgIpc) is 2.05. The maximum atomic E-state index is 13.0. The van der Waals surface area contributed by atoms with E-state index >= 15 is 0 Å². The van der Waals surface area contributed by atoms with Crippen molar-refractivity contribution in [3.8, 4) is 5.75 Å². The van der Waals surface area contributed by atoms with E-state index in [-0.39, 0.29) is 57.5 Å². The molecule has 1 aromatic rings. The Labute approximate surface area is 140 Å². The molecule has 0 radical (unpaired) electrons. The fourth-order valence-corrected chi connectivity index (χ4v) is 1.14. The summed E-state index contributed by atoms with van der Waals surface area (Å²) in [5.74, 6) is -2.28. The largest absolute Gasteiger partial charge is 1.00 e. The van der Waals surface area contributed by atoms with Gasteiger partial charge < -0.3 is 17.7 Å². The molecule has 0 N–H and O–H groups in total. The van der Waals surface area contributed by atoms with Crippen LogP contribution in [0.4, 0.5) is 30.5 Å². The second-order valence-corrected chi connectivity index (χ2v) is 3.22. The van der Waals surface area contributed by atoms with Crippen LogP contribution in [0.25, 0.3) is 0 Å². The summed E-state index contributed by atoms with van der Waals surface area (Å²) in [5, 5.41) is 0. The molecule has 0 bridgehead atoms. The predicted octanol–water partition coefficient (Wildman–Crippen LogP) is 0.657. The zero-order valence-electron chi connectivity index (χ0n) is 9.07. The van der Waals surface area contributed by atoms with Crippen LogP contribution in [0.5, 0.6) is 5.75 Å². The molecule has 0 aliphatic carbocycles. The Morgan fingerprint density at radius 3 is 2.06 bits per heavy atom. The van der Waals surface area contributed by atoms with E-state index in [4.69, 9.17) is 0 Å². The Balaban J connectivity index is 0.00000289. The minimum absolute atomic E-state index is 0. The molecule has 0 aromatic heterocycles. The SMILES string of the molecule is Fc1cc(OC(F)(F)F)ccc1C[B-](F)(F)F.[K+]. The van der Waals surface area contributed by atoms with Gasteiger partial charge in [0, 0.05) is 6.07 Å². The molecule has 0 aliphatic rings. The van der Waals surface area contributed by atoms with E-state index in [0.717, 1.165) is 0 Å². The molecular weight excluding hydrogens is 295 g/mol. The predicted molar refractivity (Wildman–Crippen MR) is 45.9 cm³/mol. The van der Waals surface area contributed by atoms with Crippen LogP contribution in [0.1, 0.15) is 5.56 Å². The van der Waals surface area contributed by atoms with Crippen LogP contribution in [0.3, 0.4) is 0 Å². The van der Waals surface area contributed by atoms with Crippen LogP contribution in [-0.4, -0.2) is 13.3 Å². The van der Waals surface area contributed by atoms with E-state index in [1.165, 1.54) is 0 Å². The Bertz CT molecular complexity index is 403. The van der Waals surface area contributed by atoms with Crippen LogP contribution in [0, 0.1) is 5.82 Å². The van der Waals surface area contributed by atoms with Gasteiger partial charge in [0.05, 0.1) is 0 Å². The summed E-state index contributed by atoms with van der Waals surface area (Å²) >= 11 is 0. The molecule has 0 amide bonds. The zero-order chi connectivity index (χ0) is 13.3. The van der Waals surface area contributed by atoms with E-state index in [1.54, 1.807) is 0 Å². The molecule has 10 heteroatoms. The van der Waals surface area contributed by atoms with Gasteiger partial charge in [-0.15, -0.1) is 13.2 Å². The summed E-state index contributed by atoms with van der Waals surface area (Å²) in [6.07, 6.45) is -6.50. The van der Waals surface area contributed by atoms with Crippen molar-refractivity contribution in [1.82, 2.24) is 0 Å². The topological polar surface area (TPSA) is 9.23 Å². The summed E-state index contributed by atoms with van der Waals surface area (Å²) in [6.45, 7) is -5.25. The average molecular weight is 300 g/mol. The minimum Gasteiger partial charge on any atom is -0.449 e. The van der Waals surface area contributed by atoms with Crippen LogP contribution >= 0.6 is 0 Å². The minimum atomic E-state index is -5.25. The summed E-state index contributed by atoms with van der Waals surface area (Å²) < 4.78 is 87.5. The first-order valence-corrected chi connectivity index (χ1v) is 4.32. The molecule has 0 saturated heterocycles. The Morgan fingerprint density at radius 1 is 1.11 bits per heavy atom. The van der Waals surface area contributed by atoms with E-state index < -0.39 is 36.8 Å². The van der Waals surface area contributed by atoms with Crippen LogP contribution < -0.4 is 56.1 Å². The quantitative estimate of drug-likeness (QED) is 0.588. The molecule has 18 heavy (non-hydrogen) atoms. The molecule has 1 rings (SSSR count). The fraction of sp³-hybridized carbons (Fsp3) is 0.250. The normalized spacial score (nSPS) is 11.9. The Hall–Kier alpha value is 0.231. The van der Waals surface area contributed by atoms with Crippen molar-refractivity contribution in [2.24, 2.45) is 0 Å². The van der Waals surface area contributed by atoms with Crippen molar-refractivity contribution < 1.29 is 86.6 Å². The molecule has 1 aromatic carbocycles. The zero-order valence-corrected chi connectivity index (χ0v) is 12.2. The molecule has 96 valence electrons. The van der Waals surface area contributed by atoms with Gasteiger partial charge in [0.1, 0.15) is 11.6 Å². The molecule has 0 atom stereocenters. The molecular formula is C8H5BF7KO. The number of alkyl halides is 3. The number of rotatable bonds is 3. The first-order valence-electron chi connectivity index (χ1n) is 4.32. The molecule has 0 fully saturated rings. The van der Waals surface area contributed by atoms with Crippen LogP contribution in [0.15, 0.2) is 18.2 Å². The summed E-state index contributed by atoms with van der Waals surface area (Å²) in [6, 6.07) is 1.52. The van der Waals surface area contributed by atoms with E-state index in [9.17, 15) is 30.5 Å². The summed E-state index contributed by atoms with van der Waals surface area (Å²) in [5.41, 5.74) is -0.716. The van der Waals surface area contributed by atoms with Gasteiger partial charge in [-0.05, 0) is 11.6 Å². The van der Waals surface area contributed by atoms with Gasteiger partial charge in [0.2, 0.25) is 0 Å². The molecule has 0 unspecified atom stereocenters. The summed E-state index contributed by atoms with van der Waals surface area (Å²) in [7, 11) is 0. The molecule has 0 saturated carbocycles. The van der Waals surface area contributed by atoms with E-state index in [2.05, 4.69) is 4.74 Å². The second-order valence-electron chi connectivity index (χ2n) is 3.22. The first-order chi connectivity index (χ1) is 7.57. The Morgan fingerprint density at radius 2 is 1.67 bits per heavy atom. The van der Waals surface area contributed by atoms with Crippen LogP contribution in [0.2, 0.25) is 0 Å². The van der Waals surface area contributed by atoms with Gasteiger partial charge in [-0.25, -0.2) is 4.39 Å². The second kappa shape index (κ2) is 6.60. The third-order valence-corrected chi connectivity index (χ3v) is 1.71. The van der Waals surface area contributed by atoms with Crippen molar-refractivity contribution in [1.29, 1.82) is 0 Å². The van der Waals surface area contributed by atoms with Crippen molar-refractivity contribution in [3.63, 3.8) is 0 Å². The van der Waals surface area contributed by atoms with Gasteiger partial charge in [-0.1, -0.05) is 12.4 Å². The number of hydrogen-bond acceptors (Lipinski definition) is 1. The maximum Gasteiger partial charge on any atom is 1.00 e. The number of hydrogen-bond donors (Lipinski definition) is 0. The maximum absolute atomic E-state index is 13.0. The first kappa shape index (κ1) is 18.2.